The Morgan fingerprint density at radius 1 is 1.47 bits per heavy atom. The molecule has 0 radical (unpaired) electrons. The van der Waals surface area contributed by atoms with Gasteiger partial charge in [-0.25, -0.2) is 0 Å². The molecule has 3 rings (SSSR count). The lowest BCUT2D eigenvalue weighted by Gasteiger charge is -2.36. The molecule has 2 heterocycles. The average molecular weight is 270 g/mol. The lowest BCUT2D eigenvalue weighted by Crippen LogP contribution is -2.45. The van der Waals surface area contributed by atoms with E-state index in [2.05, 4.69) is 34.2 Å². The van der Waals surface area contributed by atoms with Crippen molar-refractivity contribution in [2.75, 3.05) is 6.54 Å². The van der Waals surface area contributed by atoms with Gasteiger partial charge in [-0.05, 0) is 34.8 Å². The third-order valence-electron chi connectivity index (χ3n) is 3.90. The van der Waals surface area contributed by atoms with Gasteiger partial charge in [-0.3, -0.25) is 0 Å². The molecule has 1 aromatic heterocycles. The number of hydrogen-bond acceptors (Lipinski definition) is 2. The Balaban J connectivity index is 2.11. The number of hydrogen-bond donors (Lipinski definition) is 1. The summed E-state index contributed by atoms with van der Waals surface area (Å²) >= 11 is 3.46. The highest BCUT2D eigenvalue weighted by atomic mass is 79.9. The van der Waals surface area contributed by atoms with Crippen molar-refractivity contribution >= 4 is 15.9 Å². The van der Waals surface area contributed by atoms with E-state index in [1.807, 2.05) is 0 Å². The van der Waals surface area contributed by atoms with Gasteiger partial charge in [0.15, 0.2) is 4.67 Å². The largest absolute Gasteiger partial charge is 0.454 e. The number of furan rings is 1. The summed E-state index contributed by atoms with van der Waals surface area (Å²) in [4.78, 5) is 0. The van der Waals surface area contributed by atoms with Crippen molar-refractivity contribution in [2.45, 2.75) is 44.1 Å². The summed E-state index contributed by atoms with van der Waals surface area (Å²) in [6.45, 7) is 3.27. The summed E-state index contributed by atoms with van der Waals surface area (Å²) < 4.78 is 6.67. The van der Waals surface area contributed by atoms with Gasteiger partial charge in [-0.1, -0.05) is 19.8 Å². The van der Waals surface area contributed by atoms with Gasteiger partial charge >= 0.3 is 0 Å². The number of halogens is 1. The summed E-state index contributed by atoms with van der Waals surface area (Å²) in [6.07, 6.45) is 5.20. The van der Waals surface area contributed by atoms with Crippen molar-refractivity contribution in [2.24, 2.45) is 0 Å². The molecule has 1 aliphatic carbocycles. The zero-order valence-corrected chi connectivity index (χ0v) is 10.6. The molecule has 15 heavy (non-hydrogen) atoms. The van der Waals surface area contributed by atoms with Crippen LogP contribution >= 0.6 is 15.9 Å². The van der Waals surface area contributed by atoms with Crippen molar-refractivity contribution in [3.8, 4) is 0 Å². The van der Waals surface area contributed by atoms with E-state index in [4.69, 9.17) is 4.42 Å². The molecular formula is C12H16BrNO. The first kappa shape index (κ1) is 9.91. The molecule has 1 aromatic rings. The third kappa shape index (κ3) is 1.40. The molecule has 82 valence electrons. The Bertz CT molecular complexity index is 379. The first-order chi connectivity index (χ1) is 7.21. The second-order valence-corrected chi connectivity index (χ2v) is 5.68. The van der Waals surface area contributed by atoms with Crippen LogP contribution in [0.2, 0.25) is 0 Å². The van der Waals surface area contributed by atoms with Crippen LogP contribution in [0.5, 0.6) is 0 Å². The number of rotatable bonds is 0. The van der Waals surface area contributed by atoms with E-state index < -0.39 is 0 Å². The van der Waals surface area contributed by atoms with Gasteiger partial charge in [0.1, 0.15) is 5.76 Å². The minimum atomic E-state index is 0.233. The molecule has 1 N–H and O–H groups in total. The van der Waals surface area contributed by atoms with Crippen LogP contribution in [0.3, 0.4) is 0 Å². The third-order valence-corrected chi connectivity index (χ3v) is 4.29. The molecule has 1 saturated carbocycles. The van der Waals surface area contributed by atoms with Crippen LogP contribution in [0.25, 0.3) is 0 Å². The normalized spacial score (nSPS) is 28.3. The van der Waals surface area contributed by atoms with E-state index in [-0.39, 0.29) is 5.54 Å². The van der Waals surface area contributed by atoms with Crippen LogP contribution in [0.4, 0.5) is 0 Å². The molecule has 2 aliphatic rings. The van der Waals surface area contributed by atoms with Crippen molar-refractivity contribution in [1.29, 1.82) is 0 Å². The summed E-state index contributed by atoms with van der Waals surface area (Å²) in [5.41, 5.74) is 1.64. The minimum absolute atomic E-state index is 0.233. The Labute approximate surface area is 98.6 Å². The first-order valence-corrected chi connectivity index (χ1v) is 6.55. The molecule has 1 spiro atoms. The Hall–Kier alpha value is -0.280. The SMILES string of the molecule is CC1CNC2(CCCC2)c2cc(Br)oc21. The highest BCUT2D eigenvalue weighted by Gasteiger charge is 2.42. The first-order valence-electron chi connectivity index (χ1n) is 5.76. The Morgan fingerprint density at radius 3 is 2.93 bits per heavy atom. The van der Waals surface area contributed by atoms with Gasteiger partial charge in [0.25, 0.3) is 0 Å². The van der Waals surface area contributed by atoms with Crippen LogP contribution < -0.4 is 5.32 Å². The van der Waals surface area contributed by atoms with E-state index in [0.717, 1.165) is 11.2 Å². The number of fused-ring (bicyclic) bond motifs is 2. The van der Waals surface area contributed by atoms with Gasteiger partial charge in [0.2, 0.25) is 0 Å². The fraction of sp³-hybridized carbons (Fsp3) is 0.667. The van der Waals surface area contributed by atoms with Crippen molar-refractivity contribution in [1.82, 2.24) is 5.32 Å². The second-order valence-electron chi connectivity index (χ2n) is 4.90. The predicted octanol–water partition coefficient (Wildman–Crippen LogP) is 3.52. The molecule has 0 amide bonds. The lowest BCUT2D eigenvalue weighted by atomic mass is 9.82. The summed E-state index contributed by atoms with van der Waals surface area (Å²) in [5.74, 6) is 1.69. The molecule has 0 saturated heterocycles. The molecular weight excluding hydrogens is 254 g/mol. The van der Waals surface area contributed by atoms with Gasteiger partial charge in [0, 0.05) is 23.6 Å². The zero-order chi connectivity index (χ0) is 10.5. The Kier molecular flexibility index (Phi) is 2.22. The quantitative estimate of drug-likeness (QED) is 0.780. The van der Waals surface area contributed by atoms with Gasteiger partial charge < -0.3 is 9.73 Å². The molecule has 1 unspecified atom stereocenters. The molecule has 0 bridgehead atoms. The molecule has 1 aliphatic heterocycles. The van der Waals surface area contributed by atoms with Gasteiger partial charge in [0.05, 0.1) is 0 Å². The number of nitrogens with one attached hydrogen (secondary N) is 1. The fourth-order valence-electron chi connectivity index (χ4n) is 3.08. The maximum absolute atomic E-state index is 5.78. The summed E-state index contributed by atoms with van der Waals surface area (Å²) in [5, 5.41) is 3.73. The molecule has 1 atom stereocenters. The van der Waals surface area contributed by atoms with E-state index in [0.29, 0.717) is 5.92 Å². The standard InChI is InChI=1S/C12H16BrNO/c1-8-7-14-12(4-2-3-5-12)9-6-10(13)15-11(8)9/h6,8,14H,2-5,7H2,1H3. The van der Waals surface area contributed by atoms with E-state index >= 15 is 0 Å². The summed E-state index contributed by atoms with van der Waals surface area (Å²) in [6, 6.07) is 2.17. The molecule has 2 nitrogen and oxygen atoms in total. The minimum Gasteiger partial charge on any atom is -0.454 e. The zero-order valence-electron chi connectivity index (χ0n) is 8.98. The van der Waals surface area contributed by atoms with Crippen molar-refractivity contribution < 1.29 is 4.42 Å². The van der Waals surface area contributed by atoms with Crippen LogP contribution in [-0.4, -0.2) is 6.54 Å². The maximum Gasteiger partial charge on any atom is 0.169 e. The second kappa shape index (κ2) is 3.36. The fourth-order valence-corrected chi connectivity index (χ4v) is 3.48. The maximum atomic E-state index is 5.78. The van der Waals surface area contributed by atoms with Crippen LogP contribution in [0, 0.1) is 0 Å². The van der Waals surface area contributed by atoms with Crippen LogP contribution in [-0.2, 0) is 5.54 Å². The highest BCUT2D eigenvalue weighted by molar-refractivity contribution is 9.10. The van der Waals surface area contributed by atoms with Crippen LogP contribution in [0.1, 0.15) is 49.8 Å². The monoisotopic (exact) mass is 269 g/mol. The lowest BCUT2D eigenvalue weighted by molar-refractivity contribution is 0.283. The van der Waals surface area contributed by atoms with Crippen molar-refractivity contribution in [3.63, 3.8) is 0 Å². The van der Waals surface area contributed by atoms with E-state index in [9.17, 15) is 0 Å². The Morgan fingerprint density at radius 2 is 2.20 bits per heavy atom. The molecule has 3 heteroatoms. The van der Waals surface area contributed by atoms with E-state index in [1.54, 1.807) is 0 Å². The average Bonchev–Trinajstić information content (AvgIpc) is 2.80. The van der Waals surface area contributed by atoms with Gasteiger partial charge in [-0.2, -0.15) is 0 Å². The predicted molar refractivity (Wildman–Crippen MR) is 63.0 cm³/mol. The smallest absolute Gasteiger partial charge is 0.169 e. The topological polar surface area (TPSA) is 25.2 Å². The van der Waals surface area contributed by atoms with Crippen LogP contribution in [0.15, 0.2) is 15.2 Å². The molecule has 0 aromatic carbocycles. The van der Waals surface area contributed by atoms with Crippen molar-refractivity contribution in [3.05, 3.63) is 22.1 Å². The van der Waals surface area contributed by atoms with E-state index in [1.165, 1.54) is 37.0 Å². The highest BCUT2D eigenvalue weighted by Crippen LogP contribution is 2.46. The molecule has 1 fully saturated rings. The summed E-state index contributed by atoms with van der Waals surface area (Å²) in [7, 11) is 0. The van der Waals surface area contributed by atoms with Gasteiger partial charge in [-0.15, -0.1) is 0 Å².